The predicted molar refractivity (Wildman–Crippen MR) is 119 cm³/mol. The van der Waals surface area contributed by atoms with Crippen molar-refractivity contribution in [3.05, 3.63) is 59.4 Å². The lowest BCUT2D eigenvalue weighted by Gasteiger charge is -2.36. The summed E-state index contributed by atoms with van der Waals surface area (Å²) in [5.41, 5.74) is 4.21. The lowest BCUT2D eigenvalue weighted by molar-refractivity contribution is -0.137. The number of hydrogen-bond acceptors (Lipinski definition) is 3. The number of rotatable bonds is 4. The molecular formula is C24H27ClN4O. The van der Waals surface area contributed by atoms with E-state index in [2.05, 4.69) is 20.4 Å². The summed E-state index contributed by atoms with van der Waals surface area (Å²) in [5, 5.41) is 0.729. The summed E-state index contributed by atoms with van der Waals surface area (Å²) >= 11 is 6.09. The van der Waals surface area contributed by atoms with E-state index in [0.29, 0.717) is 5.91 Å². The van der Waals surface area contributed by atoms with Crippen LogP contribution in [0.1, 0.15) is 31.4 Å². The van der Waals surface area contributed by atoms with Crippen LogP contribution in [-0.4, -0.2) is 51.3 Å². The smallest absolute Gasteiger partial charge is 0.225 e. The van der Waals surface area contributed by atoms with Gasteiger partial charge < -0.3 is 9.30 Å². The van der Waals surface area contributed by atoms with Crippen LogP contribution in [-0.2, 0) is 11.3 Å². The number of benzene rings is 1. The molecule has 0 unspecified atom stereocenters. The summed E-state index contributed by atoms with van der Waals surface area (Å²) in [6, 6.07) is 14.0. The van der Waals surface area contributed by atoms with E-state index < -0.39 is 0 Å². The molecule has 5 nitrogen and oxygen atoms in total. The Morgan fingerprint density at radius 3 is 2.47 bits per heavy atom. The predicted octanol–water partition coefficient (Wildman–Crippen LogP) is 4.49. The molecule has 0 radical (unpaired) electrons. The van der Waals surface area contributed by atoms with Crippen molar-refractivity contribution in [3.8, 4) is 11.3 Å². The minimum Gasteiger partial charge on any atom is -0.340 e. The Labute approximate surface area is 182 Å². The topological polar surface area (TPSA) is 40.9 Å². The summed E-state index contributed by atoms with van der Waals surface area (Å²) in [5.74, 6) is 0.649. The highest BCUT2D eigenvalue weighted by molar-refractivity contribution is 6.30. The summed E-state index contributed by atoms with van der Waals surface area (Å²) in [7, 11) is 0. The Morgan fingerprint density at radius 2 is 1.73 bits per heavy atom. The number of carbonyl (C=O) groups excluding carboxylic acids is 1. The molecule has 1 amide bonds. The van der Waals surface area contributed by atoms with E-state index in [-0.39, 0.29) is 5.92 Å². The van der Waals surface area contributed by atoms with Crippen LogP contribution in [0.4, 0.5) is 0 Å². The van der Waals surface area contributed by atoms with Gasteiger partial charge in [0.05, 0.1) is 11.4 Å². The van der Waals surface area contributed by atoms with E-state index in [1.54, 1.807) is 0 Å². The second-order valence-electron chi connectivity index (χ2n) is 8.43. The zero-order valence-corrected chi connectivity index (χ0v) is 17.9. The third-order valence-corrected chi connectivity index (χ3v) is 6.76. The van der Waals surface area contributed by atoms with Gasteiger partial charge in [0.15, 0.2) is 0 Å². The van der Waals surface area contributed by atoms with Crippen LogP contribution in [0.2, 0.25) is 5.02 Å². The molecule has 2 aliphatic rings. The number of aromatic nitrogens is 2. The Balaban J connectivity index is 1.35. The van der Waals surface area contributed by atoms with Crippen molar-refractivity contribution >= 4 is 23.2 Å². The Morgan fingerprint density at radius 1 is 1.00 bits per heavy atom. The zero-order valence-electron chi connectivity index (χ0n) is 17.1. The largest absolute Gasteiger partial charge is 0.340 e. The molecule has 1 aliphatic heterocycles. The second kappa shape index (κ2) is 8.40. The molecule has 30 heavy (non-hydrogen) atoms. The van der Waals surface area contributed by atoms with Gasteiger partial charge in [0.2, 0.25) is 5.91 Å². The molecule has 3 aromatic rings. The first kappa shape index (κ1) is 19.6. The first-order chi connectivity index (χ1) is 14.7. The van der Waals surface area contributed by atoms with Gasteiger partial charge in [0.25, 0.3) is 0 Å². The van der Waals surface area contributed by atoms with Gasteiger partial charge in [-0.1, -0.05) is 42.6 Å². The molecule has 5 rings (SSSR count). The number of pyridine rings is 1. The number of amides is 1. The van der Waals surface area contributed by atoms with Gasteiger partial charge in [-0.05, 0) is 37.1 Å². The van der Waals surface area contributed by atoms with Gasteiger partial charge in [0.1, 0.15) is 5.65 Å². The van der Waals surface area contributed by atoms with Crippen molar-refractivity contribution < 1.29 is 4.79 Å². The molecule has 1 aliphatic carbocycles. The monoisotopic (exact) mass is 422 g/mol. The van der Waals surface area contributed by atoms with E-state index in [1.807, 2.05) is 42.5 Å². The quantitative estimate of drug-likeness (QED) is 0.622. The zero-order chi connectivity index (χ0) is 20.5. The minimum absolute atomic E-state index is 0.270. The van der Waals surface area contributed by atoms with Crippen LogP contribution in [0.25, 0.3) is 16.9 Å². The summed E-state index contributed by atoms with van der Waals surface area (Å²) in [4.78, 5) is 22.2. The van der Waals surface area contributed by atoms with Crippen molar-refractivity contribution in [1.82, 2.24) is 19.2 Å². The van der Waals surface area contributed by atoms with E-state index in [0.717, 1.165) is 67.5 Å². The van der Waals surface area contributed by atoms with E-state index in [4.69, 9.17) is 16.6 Å². The second-order valence-corrected chi connectivity index (χ2v) is 8.86. The number of halogens is 1. The normalized spacial score (nSPS) is 18.4. The third-order valence-electron chi connectivity index (χ3n) is 6.51. The first-order valence-corrected chi connectivity index (χ1v) is 11.3. The van der Waals surface area contributed by atoms with Crippen LogP contribution >= 0.6 is 11.6 Å². The van der Waals surface area contributed by atoms with Gasteiger partial charge in [-0.2, -0.15) is 0 Å². The van der Waals surface area contributed by atoms with Gasteiger partial charge >= 0.3 is 0 Å². The van der Waals surface area contributed by atoms with Crippen molar-refractivity contribution in [2.75, 3.05) is 26.2 Å². The maximum absolute atomic E-state index is 12.7. The molecule has 3 heterocycles. The molecule has 0 spiro atoms. The molecule has 1 saturated carbocycles. The SMILES string of the molecule is O=C(C1CCCC1)N1CCN(Cc2c(-c3ccc(Cl)cc3)nc3ccccn23)CC1. The lowest BCUT2D eigenvalue weighted by Crippen LogP contribution is -2.49. The third kappa shape index (κ3) is 3.84. The molecule has 0 atom stereocenters. The average Bonchev–Trinajstić information content (AvgIpc) is 3.43. The maximum atomic E-state index is 12.7. The van der Waals surface area contributed by atoms with E-state index in [9.17, 15) is 4.79 Å². The van der Waals surface area contributed by atoms with E-state index >= 15 is 0 Å². The molecule has 0 N–H and O–H groups in total. The highest BCUT2D eigenvalue weighted by Gasteiger charge is 2.30. The Hall–Kier alpha value is -2.37. The molecule has 6 heteroatoms. The van der Waals surface area contributed by atoms with E-state index in [1.165, 1.54) is 18.5 Å². The number of carbonyl (C=O) groups is 1. The van der Waals surface area contributed by atoms with Crippen LogP contribution in [0.3, 0.4) is 0 Å². The standard InChI is InChI=1S/C24H27ClN4O/c25-20-10-8-18(9-11-20)23-21(29-12-4-3-7-22(29)26-23)17-27-13-15-28(16-14-27)24(30)19-5-1-2-6-19/h3-4,7-12,19H,1-2,5-6,13-17H2. The van der Waals surface area contributed by atoms with Crippen molar-refractivity contribution in [3.63, 3.8) is 0 Å². The van der Waals surface area contributed by atoms with Gasteiger partial charge in [-0.3, -0.25) is 9.69 Å². The number of nitrogens with zero attached hydrogens (tertiary/aromatic N) is 4. The summed E-state index contributed by atoms with van der Waals surface area (Å²) in [6.07, 6.45) is 6.64. The fourth-order valence-corrected chi connectivity index (χ4v) is 4.93. The van der Waals surface area contributed by atoms with Crippen molar-refractivity contribution in [2.24, 2.45) is 5.92 Å². The molecule has 0 bridgehead atoms. The Kier molecular flexibility index (Phi) is 5.48. The maximum Gasteiger partial charge on any atom is 0.225 e. The molecule has 156 valence electrons. The molecule has 1 aromatic carbocycles. The lowest BCUT2D eigenvalue weighted by atomic mass is 10.1. The van der Waals surface area contributed by atoms with Gasteiger partial charge in [-0.15, -0.1) is 0 Å². The van der Waals surface area contributed by atoms with Crippen molar-refractivity contribution in [2.45, 2.75) is 32.2 Å². The first-order valence-electron chi connectivity index (χ1n) is 10.9. The number of fused-ring (bicyclic) bond motifs is 1. The highest BCUT2D eigenvalue weighted by Crippen LogP contribution is 2.29. The van der Waals surface area contributed by atoms with Crippen molar-refractivity contribution in [1.29, 1.82) is 0 Å². The van der Waals surface area contributed by atoms with Crippen LogP contribution in [0.5, 0.6) is 0 Å². The fraction of sp³-hybridized carbons (Fsp3) is 0.417. The fourth-order valence-electron chi connectivity index (χ4n) is 4.81. The summed E-state index contributed by atoms with van der Waals surface area (Å²) < 4.78 is 2.18. The Bertz CT molecular complexity index is 1030. The highest BCUT2D eigenvalue weighted by atomic mass is 35.5. The van der Waals surface area contributed by atoms with Gasteiger partial charge in [0, 0.05) is 55.4 Å². The number of piperazine rings is 1. The number of hydrogen-bond donors (Lipinski definition) is 0. The van der Waals surface area contributed by atoms with Crippen LogP contribution in [0.15, 0.2) is 48.7 Å². The average molecular weight is 423 g/mol. The van der Waals surface area contributed by atoms with Crippen LogP contribution < -0.4 is 0 Å². The molecule has 2 fully saturated rings. The molecule has 1 saturated heterocycles. The minimum atomic E-state index is 0.270. The summed E-state index contributed by atoms with van der Waals surface area (Å²) in [6.45, 7) is 4.26. The molecular weight excluding hydrogens is 396 g/mol. The van der Waals surface area contributed by atoms with Gasteiger partial charge in [-0.25, -0.2) is 4.98 Å². The van der Waals surface area contributed by atoms with Crippen LogP contribution in [0, 0.1) is 5.92 Å². The molecule has 2 aromatic heterocycles. The number of imidazole rings is 1.